The van der Waals surface area contributed by atoms with E-state index in [0.717, 1.165) is 12.4 Å². The number of nitrogens with one attached hydrogen (secondary N) is 1. The van der Waals surface area contributed by atoms with Crippen molar-refractivity contribution in [3.63, 3.8) is 0 Å². The molecule has 1 aliphatic heterocycles. The van der Waals surface area contributed by atoms with Crippen molar-refractivity contribution < 1.29 is 5.11 Å². The first kappa shape index (κ1) is 19.2. The topological polar surface area (TPSA) is 47.9 Å². The van der Waals surface area contributed by atoms with Crippen LogP contribution in [0.15, 0.2) is 96.0 Å². The molecule has 0 saturated heterocycles. The summed E-state index contributed by atoms with van der Waals surface area (Å²) in [5.41, 5.74) is 3.61. The highest BCUT2D eigenvalue weighted by molar-refractivity contribution is 5.83. The molecule has 3 atom stereocenters. The highest BCUT2D eigenvalue weighted by Crippen LogP contribution is 2.40. The molecule has 1 aliphatic rings. The lowest BCUT2D eigenvalue weighted by Gasteiger charge is -2.29. The first-order valence-electron chi connectivity index (χ1n) is 10.1. The lowest BCUT2D eigenvalue weighted by Crippen LogP contribution is -2.45. The number of nitrogens with zero attached hydrogens (tertiary/aromatic N) is 2. The van der Waals surface area contributed by atoms with Gasteiger partial charge in [-0.15, -0.1) is 0 Å². The smallest absolute Gasteiger partial charge is 0.195 e. The number of guanidine groups is 1. The molecule has 0 amide bonds. The van der Waals surface area contributed by atoms with E-state index in [0.29, 0.717) is 0 Å². The van der Waals surface area contributed by atoms with E-state index in [9.17, 15) is 5.11 Å². The van der Waals surface area contributed by atoms with Crippen molar-refractivity contribution in [1.82, 2.24) is 10.2 Å². The first-order chi connectivity index (χ1) is 14.3. The minimum absolute atomic E-state index is 0.00201. The van der Waals surface area contributed by atoms with Gasteiger partial charge < -0.3 is 15.3 Å². The number of hydrogen-bond donors (Lipinski definition) is 2. The van der Waals surface area contributed by atoms with E-state index in [1.54, 1.807) is 0 Å². The van der Waals surface area contributed by atoms with Gasteiger partial charge in [-0.25, -0.2) is 4.99 Å². The van der Waals surface area contributed by atoms with Crippen molar-refractivity contribution in [1.29, 1.82) is 0 Å². The summed E-state index contributed by atoms with van der Waals surface area (Å²) in [6, 6.07) is 31.2. The van der Waals surface area contributed by atoms with Gasteiger partial charge in [-0.1, -0.05) is 91.0 Å². The third kappa shape index (κ3) is 4.33. The molecule has 4 rings (SSSR count). The van der Waals surface area contributed by atoms with E-state index in [2.05, 4.69) is 77.9 Å². The van der Waals surface area contributed by atoms with Gasteiger partial charge in [-0.2, -0.15) is 0 Å². The normalized spacial score (nSPS) is 19.7. The largest absolute Gasteiger partial charge is 0.394 e. The summed E-state index contributed by atoms with van der Waals surface area (Å²) in [7, 11) is 2.07. The fourth-order valence-corrected chi connectivity index (χ4v) is 3.98. The van der Waals surface area contributed by atoms with Crippen molar-refractivity contribution >= 4 is 5.96 Å². The van der Waals surface area contributed by atoms with Crippen LogP contribution in [-0.4, -0.2) is 35.7 Å². The highest BCUT2D eigenvalue weighted by atomic mass is 16.3. The standard InChI is InChI=1S/C25H27N3O/c1-28-24(21-15-9-4-10-16-21)23(20-13-7-3-8-14-20)27-25(28)26-22(18-29)17-19-11-5-2-6-12-19/h2-16,22-24,29H,17-18H2,1H3,(H,26,27). The minimum Gasteiger partial charge on any atom is -0.394 e. The van der Waals surface area contributed by atoms with Crippen LogP contribution in [0.2, 0.25) is 0 Å². The summed E-state index contributed by atoms with van der Waals surface area (Å²) in [4.78, 5) is 7.24. The van der Waals surface area contributed by atoms with Crippen LogP contribution in [0.1, 0.15) is 28.8 Å². The summed E-state index contributed by atoms with van der Waals surface area (Å²) in [5.74, 6) is 0.822. The second-order valence-corrected chi connectivity index (χ2v) is 7.49. The van der Waals surface area contributed by atoms with Crippen LogP contribution in [0.5, 0.6) is 0 Å². The van der Waals surface area contributed by atoms with Crippen LogP contribution in [0.3, 0.4) is 0 Å². The zero-order valence-corrected chi connectivity index (χ0v) is 16.6. The third-order valence-corrected chi connectivity index (χ3v) is 5.47. The minimum atomic E-state index is -0.0930. The molecule has 29 heavy (non-hydrogen) atoms. The van der Waals surface area contributed by atoms with E-state index in [-0.39, 0.29) is 24.7 Å². The van der Waals surface area contributed by atoms with Crippen molar-refractivity contribution in [3.8, 4) is 0 Å². The molecule has 0 aliphatic carbocycles. The van der Waals surface area contributed by atoms with Crippen molar-refractivity contribution in [3.05, 3.63) is 108 Å². The van der Waals surface area contributed by atoms with E-state index < -0.39 is 0 Å². The number of aliphatic hydroxyl groups excluding tert-OH is 1. The maximum absolute atomic E-state index is 9.96. The molecule has 0 fully saturated rings. The Morgan fingerprint density at radius 2 is 1.41 bits per heavy atom. The molecular formula is C25H27N3O. The molecule has 0 spiro atoms. The maximum atomic E-state index is 9.96. The van der Waals surface area contributed by atoms with Crippen LogP contribution in [0.4, 0.5) is 0 Å². The molecule has 1 heterocycles. The molecule has 0 aromatic heterocycles. The summed E-state index contributed by atoms with van der Waals surface area (Å²) in [6.07, 6.45) is 0.746. The number of benzene rings is 3. The summed E-state index contributed by atoms with van der Waals surface area (Å²) >= 11 is 0. The number of rotatable bonds is 6. The molecular weight excluding hydrogens is 358 g/mol. The Morgan fingerprint density at radius 3 is 2.00 bits per heavy atom. The average Bonchev–Trinajstić information content (AvgIpc) is 3.11. The number of hydrogen-bond acceptors (Lipinski definition) is 4. The van der Waals surface area contributed by atoms with Crippen LogP contribution in [-0.2, 0) is 6.42 Å². The predicted molar refractivity (Wildman–Crippen MR) is 118 cm³/mol. The molecule has 3 unspecified atom stereocenters. The fourth-order valence-electron chi connectivity index (χ4n) is 3.98. The zero-order chi connectivity index (χ0) is 20.1. The van der Waals surface area contributed by atoms with Crippen LogP contribution in [0.25, 0.3) is 0 Å². The molecule has 3 aromatic rings. The van der Waals surface area contributed by atoms with Gasteiger partial charge in [-0.05, 0) is 23.1 Å². The maximum Gasteiger partial charge on any atom is 0.195 e. The predicted octanol–water partition coefficient (Wildman–Crippen LogP) is 3.96. The van der Waals surface area contributed by atoms with Crippen LogP contribution < -0.4 is 5.32 Å². The summed E-state index contributed by atoms with van der Waals surface area (Å²) < 4.78 is 0. The second kappa shape index (κ2) is 8.93. The van der Waals surface area contributed by atoms with Gasteiger partial charge in [0.15, 0.2) is 5.96 Å². The lowest BCUT2D eigenvalue weighted by molar-refractivity contribution is 0.250. The van der Waals surface area contributed by atoms with Crippen LogP contribution >= 0.6 is 0 Å². The molecule has 0 bridgehead atoms. The monoisotopic (exact) mass is 385 g/mol. The van der Waals surface area contributed by atoms with Gasteiger partial charge in [0.05, 0.1) is 18.7 Å². The van der Waals surface area contributed by atoms with E-state index in [1.807, 2.05) is 30.3 Å². The molecule has 148 valence electrons. The Kier molecular flexibility index (Phi) is 5.92. The summed E-state index contributed by atoms with van der Waals surface area (Å²) in [6.45, 7) is 0.0494. The van der Waals surface area contributed by atoms with Crippen LogP contribution in [0, 0.1) is 0 Å². The number of aliphatic hydroxyl groups is 1. The Hall–Kier alpha value is -3.11. The molecule has 0 saturated carbocycles. The number of likely N-dealkylation sites (N-methyl/N-ethyl adjacent to an activating group) is 1. The molecule has 0 radical (unpaired) electrons. The van der Waals surface area contributed by atoms with E-state index in [1.165, 1.54) is 16.7 Å². The third-order valence-electron chi connectivity index (χ3n) is 5.47. The Morgan fingerprint density at radius 1 is 0.862 bits per heavy atom. The SMILES string of the molecule is CN1C(NC(CO)Cc2ccccc2)=NC(c2ccccc2)C1c1ccccc1. The van der Waals surface area contributed by atoms with Gasteiger partial charge in [0, 0.05) is 7.05 Å². The van der Waals surface area contributed by atoms with Crippen molar-refractivity contribution in [2.75, 3.05) is 13.7 Å². The average molecular weight is 386 g/mol. The molecule has 3 aromatic carbocycles. The fraction of sp³-hybridized carbons (Fsp3) is 0.240. The van der Waals surface area contributed by atoms with E-state index >= 15 is 0 Å². The Bertz CT molecular complexity index is 928. The molecule has 2 N–H and O–H groups in total. The van der Waals surface area contributed by atoms with Gasteiger partial charge in [0.25, 0.3) is 0 Å². The van der Waals surface area contributed by atoms with Crippen molar-refractivity contribution in [2.24, 2.45) is 4.99 Å². The zero-order valence-electron chi connectivity index (χ0n) is 16.6. The Labute approximate surface area is 172 Å². The Balaban J connectivity index is 1.60. The summed E-state index contributed by atoms with van der Waals surface area (Å²) in [5, 5.41) is 13.5. The van der Waals surface area contributed by atoms with Gasteiger partial charge in [-0.3, -0.25) is 0 Å². The quantitative estimate of drug-likeness (QED) is 0.675. The van der Waals surface area contributed by atoms with Gasteiger partial charge in [0.1, 0.15) is 6.04 Å². The van der Waals surface area contributed by atoms with Crippen molar-refractivity contribution in [2.45, 2.75) is 24.5 Å². The highest BCUT2D eigenvalue weighted by Gasteiger charge is 2.36. The molecule has 4 nitrogen and oxygen atoms in total. The van der Waals surface area contributed by atoms with Gasteiger partial charge >= 0.3 is 0 Å². The molecule has 4 heteroatoms. The first-order valence-corrected chi connectivity index (χ1v) is 10.1. The van der Waals surface area contributed by atoms with Gasteiger partial charge in [0.2, 0.25) is 0 Å². The number of aliphatic imine (C=N–C) groups is 1. The van der Waals surface area contributed by atoms with E-state index in [4.69, 9.17) is 4.99 Å². The lowest BCUT2D eigenvalue weighted by atomic mass is 9.94. The second-order valence-electron chi connectivity index (χ2n) is 7.49.